The quantitative estimate of drug-likeness (QED) is 0.275. The molecule has 1 amide bonds. The Labute approximate surface area is 165 Å². The van der Waals surface area contributed by atoms with Gasteiger partial charge in [0.2, 0.25) is 5.88 Å². The number of aromatic hydroxyl groups is 1. The average molecular weight is 461 g/mol. The molecule has 0 atom stereocenters. The molecule has 6 heteroatoms. The van der Waals surface area contributed by atoms with Crippen LogP contribution in [0.5, 0.6) is 5.88 Å². The molecule has 1 N–H and O–H groups in total. The average Bonchev–Trinajstić information content (AvgIpc) is 2.91. The first-order chi connectivity index (χ1) is 12.6. The van der Waals surface area contributed by atoms with Gasteiger partial charge in [-0.15, -0.1) is 10.2 Å². The van der Waals surface area contributed by atoms with E-state index in [4.69, 9.17) is 0 Å². The Morgan fingerprint density at radius 2 is 1.92 bits per heavy atom. The molecule has 0 fully saturated rings. The van der Waals surface area contributed by atoms with Crippen molar-refractivity contribution in [1.29, 1.82) is 0 Å². The van der Waals surface area contributed by atoms with E-state index in [0.29, 0.717) is 17.8 Å². The molecule has 0 radical (unpaired) electrons. The zero-order valence-corrected chi connectivity index (χ0v) is 16.7. The molecule has 2 aromatic carbocycles. The number of nitrogens with zero attached hydrogens (tertiary/aromatic N) is 3. The SMILES string of the molecule is CCCCCn1c(O)c(N=NC(=O)c2ccccc2)c2cc(I)ccc21. The lowest BCUT2D eigenvalue weighted by atomic mass is 10.2. The largest absolute Gasteiger partial charge is 0.493 e. The molecular weight excluding hydrogens is 441 g/mol. The molecule has 3 rings (SSSR count). The molecule has 1 aromatic heterocycles. The fourth-order valence-corrected chi connectivity index (χ4v) is 3.37. The molecule has 0 saturated carbocycles. The zero-order chi connectivity index (χ0) is 18.5. The molecule has 0 aliphatic heterocycles. The monoisotopic (exact) mass is 461 g/mol. The van der Waals surface area contributed by atoms with E-state index in [9.17, 15) is 9.90 Å². The Morgan fingerprint density at radius 3 is 2.65 bits per heavy atom. The van der Waals surface area contributed by atoms with Gasteiger partial charge in [-0.2, -0.15) is 0 Å². The van der Waals surface area contributed by atoms with E-state index in [-0.39, 0.29) is 5.88 Å². The van der Waals surface area contributed by atoms with E-state index in [2.05, 4.69) is 39.7 Å². The highest BCUT2D eigenvalue weighted by Crippen LogP contribution is 2.39. The standard InChI is InChI=1S/C20H20IN3O2/c1-2-3-7-12-24-17-11-10-15(21)13-16(17)18(20(24)26)22-23-19(25)14-8-5-4-6-9-14/h4-6,8-11,13,26H,2-3,7,12H2,1H3. The van der Waals surface area contributed by atoms with Gasteiger partial charge < -0.3 is 9.67 Å². The minimum Gasteiger partial charge on any atom is -0.493 e. The van der Waals surface area contributed by atoms with Gasteiger partial charge in [0, 0.05) is 21.1 Å². The van der Waals surface area contributed by atoms with Gasteiger partial charge in [-0.1, -0.05) is 38.0 Å². The molecule has 0 aliphatic rings. The minimum absolute atomic E-state index is 0.0581. The lowest BCUT2D eigenvalue weighted by molar-refractivity contribution is 0.0995. The van der Waals surface area contributed by atoms with Gasteiger partial charge in [0.25, 0.3) is 5.91 Å². The highest BCUT2D eigenvalue weighted by atomic mass is 127. The molecule has 5 nitrogen and oxygen atoms in total. The number of aryl methyl sites for hydroxylation is 1. The number of unbranched alkanes of at least 4 members (excludes halogenated alkanes) is 2. The van der Waals surface area contributed by atoms with Gasteiger partial charge in [-0.25, -0.2) is 0 Å². The van der Waals surface area contributed by atoms with Gasteiger partial charge in [0.1, 0.15) is 0 Å². The number of carbonyl (C=O) groups excluding carboxylic acids is 1. The smallest absolute Gasteiger partial charge is 0.295 e. The van der Waals surface area contributed by atoms with Gasteiger partial charge >= 0.3 is 0 Å². The lowest BCUT2D eigenvalue weighted by Crippen LogP contribution is -1.96. The van der Waals surface area contributed by atoms with Crippen LogP contribution >= 0.6 is 22.6 Å². The maximum atomic E-state index is 12.2. The number of carbonyl (C=O) groups is 1. The lowest BCUT2D eigenvalue weighted by Gasteiger charge is -2.06. The zero-order valence-electron chi connectivity index (χ0n) is 14.5. The second-order valence-corrected chi connectivity index (χ2v) is 7.31. The summed E-state index contributed by atoms with van der Waals surface area (Å²) in [5.41, 5.74) is 1.72. The number of amides is 1. The molecule has 0 spiro atoms. The highest BCUT2D eigenvalue weighted by Gasteiger charge is 2.17. The van der Waals surface area contributed by atoms with Crippen LogP contribution in [0.2, 0.25) is 0 Å². The van der Waals surface area contributed by atoms with E-state index in [1.165, 1.54) is 0 Å². The second kappa shape index (κ2) is 8.44. The van der Waals surface area contributed by atoms with E-state index in [1.54, 1.807) is 24.3 Å². The summed E-state index contributed by atoms with van der Waals surface area (Å²) in [6.07, 6.45) is 3.17. The summed E-state index contributed by atoms with van der Waals surface area (Å²) < 4.78 is 2.88. The molecule has 0 unspecified atom stereocenters. The van der Waals surface area contributed by atoms with Gasteiger partial charge in [0.15, 0.2) is 5.69 Å². The summed E-state index contributed by atoms with van der Waals surface area (Å²) in [7, 11) is 0. The number of benzene rings is 2. The van der Waals surface area contributed by atoms with Crippen molar-refractivity contribution in [1.82, 2.24) is 4.57 Å². The van der Waals surface area contributed by atoms with Crippen molar-refractivity contribution in [2.24, 2.45) is 10.2 Å². The summed E-state index contributed by atoms with van der Waals surface area (Å²) in [5.74, 6) is -0.370. The van der Waals surface area contributed by atoms with E-state index in [1.807, 2.05) is 28.8 Å². The number of hydrogen-bond acceptors (Lipinski definition) is 3. The van der Waals surface area contributed by atoms with Crippen LogP contribution < -0.4 is 0 Å². The molecular formula is C20H20IN3O2. The summed E-state index contributed by atoms with van der Waals surface area (Å²) >= 11 is 2.22. The number of aromatic nitrogens is 1. The van der Waals surface area contributed by atoms with E-state index in [0.717, 1.165) is 33.7 Å². The maximum absolute atomic E-state index is 12.2. The number of halogens is 1. The Kier molecular flexibility index (Phi) is 6.03. The van der Waals surface area contributed by atoms with E-state index >= 15 is 0 Å². The number of fused-ring (bicyclic) bond motifs is 1. The first-order valence-corrected chi connectivity index (χ1v) is 9.71. The van der Waals surface area contributed by atoms with Gasteiger partial charge in [-0.05, 0) is 59.3 Å². The fourth-order valence-electron chi connectivity index (χ4n) is 2.87. The van der Waals surface area contributed by atoms with Crippen molar-refractivity contribution in [3.8, 4) is 5.88 Å². The van der Waals surface area contributed by atoms with Crippen molar-refractivity contribution in [2.75, 3.05) is 0 Å². The van der Waals surface area contributed by atoms with Gasteiger partial charge in [0.05, 0.1) is 5.52 Å². The Balaban J connectivity index is 1.99. The maximum Gasteiger partial charge on any atom is 0.295 e. The predicted molar refractivity (Wildman–Crippen MR) is 111 cm³/mol. The van der Waals surface area contributed by atoms with Crippen molar-refractivity contribution >= 4 is 45.1 Å². The first-order valence-electron chi connectivity index (χ1n) is 8.63. The summed E-state index contributed by atoms with van der Waals surface area (Å²) in [5, 5.41) is 19.4. The summed E-state index contributed by atoms with van der Waals surface area (Å²) in [6, 6.07) is 14.7. The van der Waals surface area contributed by atoms with Crippen LogP contribution in [0.15, 0.2) is 58.8 Å². The van der Waals surface area contributed by atoms with Crippen molar-refractivity contribution in [2.45, 2.75) is 32.7 Å². The highest BCUT2D eigenvalue weighted by molar-refractivity contribution is 14.1. The molecule has 26 heavy (non-hydrogen) atoms. The minimum atomic E-state index is -0.428. The fraction of sp³-hybridized carbons (Fsp3) is 0.250. The summed E-state index contributed by atoms with van der Waals surface area (Å²) in [4.78, 5) is 12.2. The van der Waals surface area contributed by atoms with Crippen LogP contribution in [0.4, 0.5) is 5.69 Å². The molecule has 0 aliphatic carbocycles. The number of azo groups is 1. The Bertz CT molecular complexity index is 949. The third-order valence-corrected chi connectivity index (χ3v) is 4.89. The van der Waals surface area contributed by atoms with E-state index < -0.39 is 5.91 Å². The molecule has 0 bridgehead atoms. The van der Waals surface area contributed by atoms with Crippen LogP contribution in [0.3, 0.4) is 0 Å². The van der Waals surface area contributed by atoms with Crippen LogP contribution in [0.1, 0.15) is 36.5 Å². The number of rotatable bonds is 6. The van der Waals surface area contributed by atoms with Gasteiger partial charge in [-0.3, -0.25) is 4.79 Å². The third-order valence-electron chi connectivity index (χ3n) is 4.22. The Hall–Kier alpha value is -2.22. The second-order valence-electron chi connectivity index (χ2n) is 6.06. The van der Waals surface area contributed by atoms with Crippen molar-refractivity contribution in [3.05, 3.63) is 57.7 Å². The van der Waals surface area contributed by atoms with Crippen molar-refractivity contribution in [3.63, 3.8) is 0 Å². The predicted octanol–water partition coefficient (Wildman–Crippen LogP) is 6.07. The van der Waals surface area contributed by atoms with Crippen LogP contribution in [-0.2, 0) is 6.54 Å². The molecule has 134 valence electrons. The van der Waals surface area contributed by atoms with Crippen LogP contribution in [-0.4, -0.2) is 15.6 Å². The molecule has 0 saturated heterocycles. The van der Waals surface area contributed by atoms with Crippen LogP contribution in [0.25, 0.3) is 10.9 Å². The normalized spacial score (nSPS) is 11.5. The van der Waals surface area contributed by atoms with Crippen molar-refractivity contribution < 1.29 is 9.90 Å². The molecule has 3 aromatic rings. The number of hydrogen-bond donors (Lipinski definition) is 1. The Morgan fingerprint density at radius 1 is 1.15 bits per heavy atom. The summed E-state index contributed by atoms with van der Waals surface area (Å²) in [6.45, 7) is 2.85. The first kappa shape index (κ1) is 18.6. The third kappa shape index (κ3) is 3.95. The molecule has 1 heterocycles. The topological polar surface area (TPSA) is 66.9 Å². The van der Waals surface area contributed by atoms with Crippen LogP contribution in [0, 0.1) is 3.57 Å².